The van der Waals surface area contributed by atoms with Gasteiger partial charge < -0.3 is 5.32 Å². The molecule has 0 aliphatic heterocycles. The number of pyridine rings is 1. The first kappa shape index (κ1) is 15.3. The second-order valence-corrected chi connectivity index (χ2v) is 7.08. The fourth-order valence-corrected chi connectivity index (χ4v) is 4.15. The zero-order valence-corrected chi connectivity index (χ0v) is 14.9. The summed E-state index contributed by atoms with van der Waals surface area (Å²) in [6.45, 7) is 0. The highest BCUT2D eigenvalue weighted by Gasteiger charge is 2.30. The predicted octanol–water partition coefficient (Wildman–Crippen LogP) is 4.72. The molecule has 0 spiro atoms. The average molecular weight is 413 g/mol. The van der Waals surface area contributed by atoms with E-state index >= 15 is 0 Å². The van der Waals surface area contributed by atoms with Gasteiger partial charge in [-0.3, -0.25) is 4.98 Å². The molecule has 110 valence electrons. The summed E-state index contributed by atoms with van der Waals surface area (Å²) in [7, 11) is 2.03. The van der Waals surface area contributed by atoms with E-state index < -0.39 is 0 Å². The summed E-state index contributed by atoms with van der Waals surface area (Å²) in [5.74, 6) is 0.409. The summed E-state index contributed by atoms with van der Waals surface area (Å²) in [6, 6.07) is 10.6. The van der Waals surface area contributed by atoms with Crippen LogP contribution < -0.4 is 5.32 Å². The van der Waals surface area contributed by atoms with Crippen LogP contribution in [0.2, 0.25) is 5.02 Å². The molecule has 1 N–H and O–H groups in total. The van der Waals surface area contributed by atoms with Gasteiger partial charge in [0.05, 0.1) is 0 Å². The number of aryl methyl sites for hydroxylation is 1. The molecule has 3 rings (SSSR count). The first-order chi connectivity index (χ1) is 10.2. The standard InChI is InChI=1S/C17H18ClIN2/c1-20-17(14-10-12(18)7-8-15(14)19)13-6-2-4-11-5-3-9-21-16(11)13/h3,5,7-10,13,17,20H,2,4,6H2,1H3. The van der Waals surface area contributed by atoms with E-state index in [9.17, 15) is 0 Å². The van der Waals surface area contributed by atoms with Gasteiger partial charge >= 0.3 is 0 Å². The van der Waals surface area contributed by atoms with Gasteiger partial charge in [0.15, 0.2) is 0 Å². The Balaban J connectivity index is 2.03. The number of hydrogen-bond acceptors (Lipinski definition) is 2. The minimum atomic E-state index is 0.254. The number of benzene rings is 1. The number of hydrogen-bond donors (Lipinski definition) is 1. The summed E-state index contributed by atoms with van der Waals surface area (Å²) < 4.78 is 1.25. The molecule has 0 bridgehead atoms. The molecule has 0 saturated carbocycles. The molecule has 1 aromatic carbocycles. The fraction of sp³-hybridized carbons (Fsp3) is 0.353. The van der Waals surface area contributed by atoms with E-state index in [1.54, 1.807) is 0 Å². The Morgan fingerprint density at radius 2 is 2.24 bits per heavy atom. The highest BCUT2D eigenvalue weighted by atomic mass is 127. The maximum atomic E-state index is 6.21. The van der Waals surface area contributed by atoms with Gasteiger partial charge in [0.2, 0.25) is 0 Å². The van der Waals surface area contributed by atoms with Crippen molar-refractivity contribution in [3.8, 4) is 0 Å². The molecule has 1 aliphatic rings. The number of fused-ring (bicyclic) bond motifs is 1. The first-order valence-electron chi connectivity index (χ1n) is 7.26. The molecular weight excluding hydrogens is 395 g/mol. The minimum Gasteiger partial charge on any atom is -0.312 e. The molecule has 4 heteroatoms. The lowest BCUT2D eigenvalue weighted by Gasteiger charge is -2.32. The van der Waals surface area contributed by atoms with Gasteiger partial charge in [-0.2, -0.15) is 0 Å². The lowest BCUT2D eigenvalue weighted by Crippen LogP contribution is -2.28. The minimum absolute atomic E-state index is 0.254. The topological polar surface area (TPSA) is 24.9 Å². The molecule has 0 amide bonds. The van der Waals surface area contributed by atoms with Crippen molar-refractivity contribution in [3.05, 3.63) is 61.9 Å². The Morgan fingerprint density at radius 1 is 1.38 bits per heavy atom. The average Bonchev–Trinajstić information content (AvgIpc) is 2.51. The van der Waals surface area contributed by atoms with Crippen LogP contribution in [0.5, 0.6) is 0 Å². The smallest absolute Gasteiger partial charge is 0.0485 e. The van der Waals surface area contributed by atoms with Crippen molar-refractivity contribution in [1.82, 2.24) is 10.3 Å². The van der Waals surface area contributed by atoms with E-state index in [2.05, 4.69) is 51.1 Å². The maximum absolute atomic E-state index is 6.21. The quantitative estimate of drug-likeness (QED) is 0.738. The van der Waals surface area contributed by atoms with Gasteiger partial charge in [0.1, 0.15) is 0 Å². The van der Waals surface area contributed by atoms with Crippen LogP contribution in [0.3, 0.4) is 0 Å². The van der Waals surface area contributed by atoms with Crippen LogP contribution in [0.25, 0.3) is 0 Å². The van der Waals surface area contributed by atoms with Crippen LogP contribution in [0.15, 0.2) is 36.5 Å². The Morgan fingerprint density at radius 3 is 3.05 bits per heavy atom. The van der Waals surface area contributed by atoms with Gasteiger partial charge in [-0.05, 0) is 84.3 Å². The highest BCUT2D eigenvalue weighted by molar-refractivity contribution is 14.1. The van der Waals surface area contributed by atoms with Crippen LogP contribution >= 0.6 is 34.2 Å². The molecular formula is C17H18ClIN2. The van der Waals surface area contributed by atoms with Gasteiger partial charge in [0, 0.05) is 32.4 Å². The Labute approximate surface area is 144 Å². The first-order valence-corrected chi connectivity index (χ1v) is 8.72. The van der Waals surface area contributed by atoms with Gasteiger partial charge in [-0.1, -0.05) is 17.7 Å². The Kier molecular flexibility index (Phi) is 4.82. The monoisotopic (exact) mass is 412 g/mol. The van der Waals surface area contributed by atoms with Crippen molar-refractivity contribution >= 4 is 34.2 Å². The molecule has 2 unspecified atom stereocenters. The fourth-order valence-electron chi connectivity index (χ4n) is 3.30. The SMILES string of the molecule is CNC(c1cc(Cl)ccc1I)C1CCCc2cccnc21. The van der Waals surface area contributed by atoms with Crippen molar-refractivity contribution in [2.75, 3.05) is 7.05 Å². The van der Waals surface area contributed by atoms with Crippen LogP contribution in [0.1, 0.15) is 41.6 Å². The summed E-state index contributed by atoms with van der Waals surface area (Å²) in [6.07, 6.45) is 5.44. The number of rotatable bonds is 3. The molecule has 2 aromatic rings. The number of likely N-dealkylation sites (N-methyl/N-ethyl adjacent to an activating group) is 1. The molecule has 1 heterocycles. The van der Waals surface area contributed by atoms with Crippen LogP contribution in [0, 0.1) is 3.57 Å². The molecule has 1 aromatic heterocycles. The molecule has 0 saturated heterocycles. The number of nitrogens with one attached hydrogen (secondary N) is 1. The van der Waals surface area contributed by atoms with E-state index in [1.807, 2.05) is 25.4 Å². The van der Waals surface area contributed by atoms with E-state index in [0.717, 1.165) is 17.9 Å². The van der Waals surface area contributed by atoms with E-state index in [0.29, 0.717) is 5.92 Å². The predicted molar refractivity (Wildman–Crippen MR) is 95.9 cm³/mol. The normalized spacial score (nSPS) is 19.1. The Hall–Kier alpha value is -0.650. The van der Waals surface area contributed by atoms with Crippen molar-refractivity contribution in [2.24, 2.45) is 0 Å². The molecule has 0 radical (unpaired) electrons. The largest absolute Gasteiger partial charge is 0.312 e. The van der Waals surface area contributed by atoms with Gasteiger partial charge in [-0.25, -0.2) is 0 Å². The van der Waals surface area contributed by atoms with Crippen molar-refractivity contribution in [1.29, 1.82) is 0 Å². The third-order valence-corrected chi connectivity index (χ3v) is 5.46. The number of nitrogens with zero attached hydrogens (tertiary/aromatic N) is 1. The summed E-state index contributed by atoms with van der Waals surface area (Å²) in [5, 5.41) is 4.29. The Bertz CT molecular complexity index is 644. The van der Waals surface area contributed by atoms with Gasteiger partial charge in [0.25, 0.3) is 0 Å². The van der Waals surface area contributed by atoms with Gasteiger partial charge in [-0.15, -0.1) is 0 Å². The second-order valence-electron chi connectivity index (χ2n) is 5.48. The zero-order valence-electron chi connectivity index (χ0n) is 11.9. The third kappa shape index (κ3) is 3.10. The maximum Gasteiger partial charge on any atom is 0.0485 e. The molecule has 1 aliphatic carbocycles. The van der Waals surface area contributed by atoms with E-state index in [-0.39, 0.29) is 6.04 Å². The lowest BCUT2D eigenvalue weighted by atomic mass is 9.79. The summed E-state index contributed by atoms with van der Waals surface area (Å²) >= 11 is 8.60. The number of aromatic nitrogens is 1. The molecule has 21 heavy (non-hydrogen) atoms. The lowest BCUT2D eigenvalue weighted by molar-refractivity contribution is 0.414. The molecule has 2 atom stereocenters. The van der Waals surface area contributed by atoms with E-state index in [1.165, 1.54) is 26.8 Å². The van der Waals surface area contributed by atoms with Crippen LogP contribution in [-0.4, -0.2) is 12.0 Å². The zero-order chi connectivity index (χ0) is 14.8. The molecule has 2 nitrogen and oxygen atoms in total. The van der Waals surface area contributed by atoms with Crippen LogP contribution in [0.4, 0.5) is 0 Å². The highest BCUT2D eigenvalue weighted by Crippen LogP contribution is 2.40. The second kappa shape index (κ2) is 6.63. The number of halogens is 2. The third-order valence-electron chi connectivity index (χ3n) is 4.25. The molecule has 0 fully saturated rings. The van der Waals surface area contributed by atoms with Crippen molar-refractivity contribution < 1.29 is 0 Å². The van der Waals surface area contributed by atoms with E-state index in [4.69, 9.17) is 11.6 Å². The van der Waals surface area contributed by atoms with Crippen molar-refractivity contribution in [2.45, 2.75) is 31.2 Å². The van der Waals surface area contributed by atoms with Crippen molar-refractivity contribution in [3.63, 3.8) is 0 Å². The summed E-state index contributed by atoms with van der Waals surface area (Å²) in [5.41, 5.74) is 3.92. The summed E-state index contributed by atoms with van der Waals surface area (Å²) in [4.78, 5) is 4.67. The van der Waals surface area contributed by atoms with Crippen LogP contribution in [-0.2, 0) is 6.42 Å².